The summed E-state index contributed by atoms with van der Waals surface area (Å²) in [6, 6.07) is 10.7. The van der Waals surface area contributed by atoms with Crippen molar-refractivity contribution in [1.29, 1.82) is 0 Å². The van der Waals surface area contributed by atoms with Gasteiger partial charge in [-0.1, -0.05) is 37.3 Å². The predicted molar refractivity (Wildman–Crippen MR) is 79.9 cm³/mol. The van der Waals surface area contributed by atoms with Gasteiger partial charge in [-0.25, -0.2) is 0 Å². The molecule has 1 heterocycles. The smallest absolute Gasteiger partial charge is 0.253 e. The molecule has 21 heavy (non-hydrogen) atoms. The Kier molecular flexibility index (Phi) is 5.00. The van der Waals surface area contributed by atoms with Crippen molar-refractivity contribution in [2.45, 2.75) is 26.3 Å². The Morgan fingerprint density at radius 3 is 2.62 bits per heavy atom. The highest BCUT2D eigenvalue weighted by Gasteiger charge is 2.18. The normalized spacial score (nSPS) is 12.0. The van der Waals surface area contributed by atoms with Crippen molar-refractivity contribution in [1.82, 2.24) is 15.5 Å². The maximum absolute atomic E-state index is 12.4. The van der Waals surface area contributed by atoms with Gasteiger partial charge >= 0.3 is 0 Å². The van der Waals surface area contributed by atoms with Crippen molar-refractivity contribution in [3.8, 4) is 0 Å². The van der Waals surface area contributed by atoms with Crippen LogP contribution in [-0.2, 0) is 6.42 Å². The quantitative estimate of drug-likeness (QED) is 0.878. The standard InChI is InChI=1S/C16H19N3O2/c1-3-14-13(9-11(2)18-19-14)16(21)17-15(10-20)12-7-5-4-6-8-12/h4-9,15,20H,3,10H2,1-2H3,(H,17,21). The van der Waals surface area contributed by atoms with Crippen LogP contribution in [0.1, 0.15) is 40.3 Å². The number of aliphatic hydroxyl groups is 1. The lowest BCUT2D eigenvalue weighted by molar-refractivity contribution is 0.0914. The largest absolute Gasteiger partial charge is 0.394 e. The van der Waals surface area contributed by atoms with Crippen LogP contribution < -0.4 is 5.32 Å². The van der Waals surface area contributed by atoms with E-state index in [0.29, 0.717) is 23.4 Å². The molecule has 2 aromatic rings. The molecule has 1 aromatic carbocycles. The molecule has 0 spiro atoms. The zero-order valence-corrected chi connectivity index (χ0v) is 12.2. The summed E-state index contributed by atoms with van der Waals surface area (Å²) >= 11 is 0. The van der Waals surface area contributed by atoms with Crippen LogP contribution in [0.3, 0.4) is 0 Å². The van der Waals surface area contributed by atoms with Crippen molar-refractivity contribution >= 4 is 5.91 Å². The first kappa shape index (κ1) is 15.1. The fourth-order valence-corrected chi connectivity index (χ4v) is 2.13. The minimum atomic E-state index is -0.433. The van der Waals surface area contributed by atoms with Crippen LogP contribution in [0.5, 0.6) is 0 Å². The second-order valence-electron chi connectivity index (χ2n) is 4.82. The number of carbonyl (C=O) groups excluding carboxylic acids is 1. The number of aromatic nitrogens is 2. The lowest BCUT2D eigenvalue weighted by atomic mass is 10.1. The minimum absolute atomic E-state index is 0.158. The monoisotopic (exact) mass is 285 g/mol. The summed E-state index contributed by atoms with van der Waals surface area (Å²) < 4.78 is 0. The topological polar surface area (TPSA) is 75.1 Å². The average Bonchev–Trinajstić information content (AvgIpc) is 2.53. The van der Waals surface area contributed by atoms with E-state index in [9.17, 15) is 9.90 Å². The van der Waals surface area contributed by atoms with E-state index < -0.39 is 6.04 Å². The van der Waals surface area contributed by atoms with Crippen LogP contribution in [0.2, 0.25) is 0 Å². The summed E-state index contributed by atoms with van der Waals surface area (Å²) in [5.41, 5.74) is 2.73. The van der Waals surface area contributed by atoms with Crippen molar-refractivity contribution in [3.63, 3.8) is 0 Å². The van der Waals surface area contributed by atoms with Crippen molar-refractivity contribution in [3.05, 3.63) is 58.9 Å². The lowest BCUT2D eigenvalue weighted by Gasteiger charge is -2.17. The SMILES string of the molecule is CCc1nnc(C)cc1C(=O)NC(CO)c1ccccc1. The van der Waals surface area contributed by atoms with Gasteiger partial charge in [0.25, 0.3) is 5.91 Å². The Bertz CT molecular complexity index is 614. The molecule has 0 aliphatic rings. The molecule has 5 nitrogen and oxygen atoms in total. The molecule has 1 amide bonds. The predicted octanol–water partition coefficient (Wildman–Crippen LogP) is 1.81. The highest BCUT2D eigenvalue weighted by atomic mass is 16.3. The molecular formula is C16H19N3O2. The van der Waals surface area contributed by atoms with Gasteiger partial charge in [-0.3, -0.25) is 4.79 Å². The molecule has 0 fully saturated rings. The lowest BCUT2D eigenvalue weighted by Crippen LogP contribution is -2.31. The molecule has 0 aliphatic carbocycles. The summed E-state index contributed by atoms with van der Waals surface area (Å²) in [4.78, 5) is 12.4. The molecule has 2 N–H and O–H groups in total. The van der Waals surface area contributed by atoms with Crippen LogP contribution in [0.25, 0.3) is 0 Å². The van der Waals surface area contributed by atoms with E-state index in [1.165, 1.54) is 0 Å². The van der Waals surface area contributed by atoms with Gasteiger partial charge in [0.15, 0.2) is 0 Å². The Labute approximate surface area is 124 Å². The van der Waals surface area contributed by atoms with E-state index in [4.69, 9.17) is 0 Å². The van der Waals surface area contributed by atoms with Gasteiger partial charge in [0.2, 0.25) is 0 Å². The van der Waals surface area contributed by atoms with E-state index in [0.717, 1.165) is 5.56 Å². The summed E-state index contributed by atoms with van der Waals surface area (Å²) in [6.45, 7) is 3.56. The first-order valence-electron chi connectivity index (χ1n) is 6.95. The summed E-state index contributed by atoms with van der Waals surface area (Å²) in [7, 11) is 0. The third-order valence-corrected chi connectivity index (χ3v) is 3.26. The van der Waals surface area contributed by atoms with Crippen molar-refractivity contribution < 1.29 is 9.90 Å². The number of amides is 1. The number of aryl methyl sites for hydroxylation is 2. The van der Waals surface area contributed by atoms with Crippen LogP contribution in [-0.4, -0.2) is 27.8 Å². The van der Waals surface area contributed by atoms with E-state index in [1.54, 1.807) is 13.0 Å². The summed E-state index contributed by atoms with van der Waals surface area (Å²) in [6.07, 6.45) is 0.630. The summed E-state index contributed by atoms with van der Waals surface area (Å²) in [5.74, 6) is -0.243. The first-order chi connectivity index (χ1) is 10.2. The number of nitrogens with one attached hydrogen (secondary N) is 1. The van der Waals surface area contributed by atoms with Crippen LogP contribution >= 0.6 is 0 Å². The Balaban J connectivity index is 2.22. The zero-order valence-electron chi connectivity index (χ0n) is 12.2. The van der Waals surface area contributed by atoms with E-state index in [-0.39, 0.29) is 12.5 Å². The fourth-order valence-electron chi connectivity index (χ4n) is 2.13. The minimum Gasteiger partial charge on any atom is -0.394 e. The second-order valence-corrected chi connectivity index (χ2v) is 4.82. The molecule has 0 bridgehead atoms. The number of benzene rings is 1. The van der Waals surface area contributed by atoms with E-state index >= 15 is 0 Å². The number of rotatable bonds is 5. The molecule has 1 aromatic heterocycles. The van der Waals surface area contributed by atoms with Crippen molar-refractivity contribution in [2.75, 3.05) is 6.61 Å². The van der Waals surface area contributed by atoms with Crippen molar-refractivity contribution in [2.24, 2.45) is 0 Å². The van der Waals surface area contributed by atoms with E-state index in [1.807, 2.05) is 37.3 Å². The van der Waals surface area contributed by atoms with Crippen LogP contribution in [0.4, 0.5) is 0 Å². The molecule has 0 aliphatic heterocycles. The molecule has 110 valence electrons. The Morgan fingerprint density at radius 2 is 2.00 bits per heavy atom. The molecular weight excluding hydrogens is 266 g/mol. The molecule has 5 heteroatoms. The van der Waals surface area contributed by atoms with Gasteiger partial charge in [-0.15, -0.1) is 0 Å². The fraction of sp³-hybridized carbons (Fsp3) is 0.312. The number of hydrogen-bond donors (Lipinski definition) is 2. The highest BCUT2D eigenvalue weighted by Crippen LogP contribution is 2.14. The highest BCUT2D eigenvalue weighted by molar-refractivity contribution is 5.95. The zero-order chi connectivity index (χ0) is 15.2. The number of carbonyl (C=O) groups is 1. The Hall–Kier alpha value is -2.27. The molecule has 0 saturated heterocycles. The van der Waals surface area contributed by atoms with Gasteiger partial charge in [-0.2, -0.15) is 10.2 Å². The molecule has 0 saturated carbocycles. The third-order valence-electron chi connectivity index (χ3n) is 3.26. The average molecular weight is 285 g/mol. The third kappa shape index (κ3) is 3.64. The number of hydrogen-bond acceptors (Lipinski definition) is 4. The van der Waals surface area contributed by atoms with Gasteiger partial charge in [0.05, 0.1) is 29.6 Å². The summed E-state index contributed by atoms with van der Waals surface area (Å²) in [5, 5.41) is 20.4. The molecule has 1 unspecified atom stereocenters. The van der Waals surface area contributed by atoms with Gasteiger partial charge < -0.3 is 10.4 Å². The first-order valence-corrected chi connectivity index (χ1v) is 6.95. The second kappa shape index (κ2) is 6.95. The van der Waals surface area contributed by atoms with Crippen LogP contribution in [0.15, 0.2) is 36.4 Å². The van der Waals surface area contributed by atoms with Crippen LogP contribution in [0, 0.1) is 6.92 Å². The maximum atomic E-state index is 12.4. The number of nitrogens with zero attached hydrogens (tertiary/aromatic N) is 2. The maximum Gasteiger partial charge on any atom is 0.253 e. The number of aliphatic hydroxyl groups excluding tert-OH is 1. The van der Waals surface area contributed by atoms with Gasteiger partial charge in [0, 0.05) is 0 Å². The van der Waals surface area contributed by atoms with Gasteiger partial charge in [0.1, 0.15) is 0 Å². The Morgan fingerprint density at radius 1 is 1.29 bits per heavy atom. The molecule has 2 rings (SSSR count). The van der Waals surface area contributed by atoms with Gasteiger partial charge in [-0.05, 0) is 25.0 Å². The molecule has 0 radical (unpaired) electrons. The van der Waals surface area contributed by atoms with E-state index in [2.05, 4.69) is 15.5 Å². The molecule has 1 atom stereocenters.